The number of amides is 2. The van der Waals surface area contributed by atoms with E-state index < -0.39 is 17.6 Å². The molecule has 0 aliphatic carbocycles. The van der Waals surface area contributed by atoms with Gasteiger partial charge in [0.2, 0.25) is 11.8 Å². The normalized spacial score (nSPS) is 11.2. The Bertz CT molecular complexity index is 862. The topological polar surface area (TPSA) is 49.4 Å². The first-order valence-electron chi connectivity index (χ1n) is 8.83. The Labute approximate surface area is 176 Å². The SMILES string of the molecule is CCN(CC(=O)Nc1ccccc1C(F)(F)F)C(=O)CCSc1ccccc1Cl. The van der Waals surface area contributed by atoms with Crippen molar-refractivity contribution in [3.8, 4) is 0 Å². The van der Waals surface area contributed by atoms with Gasteiger partial charge in [-0.2, -0.15) is 13.2 Å². The summed E-state index contributed by atoms with van der Waals surface area (Å²) < 4.78 is 39.1. The molecule has 0 heterocycles. The molecule has 0 saturated heterocycles. The molecule has 2 rings (SSSR count). The van der Waals surface area contributed by atoms with Crippen LogP contribution < -0.4 is 5.32 Å². The van der Waals surface area contributed by atoms with Crippen LogP contribution in [0.1, 0.15) is 18.9 Å². The second-order valence-electron chi connectivity index (χ2n) is 6.03. The van der Waals surface area contributed by atoms with Crippen LogP contribution in [0.15, 0.2) is 53.4 Å². The van der Waals surface area contributed by atoms with E-state index in [1.165, 1.54) is 34.9 Å². The van der Waals surface area contributed by atoms with Crippen molar-refractivity contribution in [2.24, 2.45) is 0 Å². The van der Waals surface area contributed by atoms with Crippen molar-refractivity contribution in [1.29, 1.82) is 0 Å². The van der Waals surface area contributed by atoms with Crippen molar-refractivity contribution in [2.45, 2.75) is 24.4 Å². The maximum absolute atomic E-state index is 13.0. The van der Waals surface area contributed by atoms with Crippen molar-refractivity contribution >= 4 is 40.9 Å². The van der Waals surface area contributed by atoms with Gasteiger partial charge in [-0.1, -0.05) is 35.9 Å². The summed E-state index contributed by atoms with van der Waals surface area (Å²) in [5.41, 5.74) is -1.26. The molecule has 0 aliphatic heterocycles. The lowest BCUT2D eigenvalue weighted by molar-refractivity contribution is -0.137. The Balaban J connectivity index is 1.91. The van der Waals surface area contributed by atoms with Gasteiger partial charge >= 0.3 is 6.18 Å². The molecule has 0 saturated carbocycles. The van der Waals surface area contributed by atoms with E-state index >= 15 is 0 Å². The van der Waals surface area contributed by atoms with Gasteiger partial charge in [-0.3, -0.25) is 9.59 Å². The Morgan fingerprint density at radius 1 is 1.10 bits per heavy atom. The molecule has 4 nitrogen and oxygen atoms in total. The number of halogens is 4. The van der Waals surface area contributed by atoms with Crippen LogP contribution in [0.5, 0.6) is 0 Å². The third kappa shape index (κ3) is 6.97. The van der Waals surface area contributed by atoms with E-state index in [-0.39, 0.29) is 31.1 Å². The average Bonchev–Trinajstić information content (AvgIpc) is 2.67. The summed E-state index contributed by atoms with van der Waals surface area (Å²) in [7, 11) is 0. The van der Waals surface area contributed by atoms with Gasteiger partial charge in [0.1, 0.15) is 0 Å². The summed E-state index contributed by atoms with van der Waals surface area (Å²) in [6.45, 7) is 1.65. The highest BCUT2D eigenvalue weighted by Crippen LogP contribution is 2.34. The van der Waals surface area contributed by atoms with E-state index in [1.54, 1.807) is 13.0 Å². The summed E-state index contributed by atoms with van der Waals surface area (Å²) in [4.78, 5) is 26.8. The predicted octanol–water partition coefficient (Wildman–Crippen LogP) is 5.33. The van der Waals surface area contributed by atoms with E-state index in [1.807, 2.05) is 18.2 Å². The van der Waals surface area contributed by atoms with Crippen molar-refractivity contribution in [1.82, 2.24) is 4.90 Å². The second kappa shape index (κ2) is 10.5. The summed E-state index contributed by atoms with van der Waals surface area (Å²) in [6, 6.07) is 12.0. The summed E-state index contributed by atoms with van der Waals surface area (Å²) >= 11 is 7.50. The Kier molecular flexibility index (Phi) is 8.40. The van der Waals surface area contributed by atoms with Gasteiger partial charge in [-0.25, -0.2) is 0 Å². The van der Waals surface area contributed by atoms with Crippen LogP contribution in [-0.2, 0) is 15.8 Å². The molecule has 2 aromatic carbocycles. The fourth-order valence-corrected chi connectivity index (χ4v) is 3.72. The third-order valence-corrected chi connectivity index (χ3v) is 5.50. The lowest BCUT2D eigenvalue weighted by atomic mass is 10.1. The van der Waals surface area contributed by atoms with Gasteiger partial charge in [0.15, 0.2) is 0 Å². The molecule has 29 heavy (non-hydrogen) atoms. The molecule has 0 aliphatic rings. The zero-order valence-corrected chi connectivity index (χ0v) is 17.2. The molecule has 0 fully saturated rings. The van der Waals surface area contributed by atoms with Gasteiger partial charge < -0.3 is 10.2 Å². The number of para-hydroxylation sites is 1. The molecule has 0 radical (unpaired) electrons. The number of thioether (sulfide) groups is 1. The quantitative estimate of drug-likeness (QED) is 0.560. The lowest BCUT2D eigenvalue weighted by Gasteiger charge is -2.21. The monoisotopic (exact) mass is 444 g/mol. The highest BCUT2D eigenvalue weighted by atomic mass is 35.5. The fourth-order valence-electron chi connectivity index (χ4n) is 2.55. The first-order chi connectivity index (χ1) is 13.7. The lowest BCUT2D eigenvalue weighted by Crippen LogP contribution is -2.38. The number of alkyl halides is 3. The molecule has 2 aromatic rings. The van der Waals surface area contributed by atoms with E-state index in [0.717, 1.165) is 11.0 Å². The number of nitrogens with zero attached hydrogens (tertiary/aromatic N) is 1. The van der Waals surface area contributed by atoms with Crippen molar-refractivity contribution in [3.63, 3.8) is 0 Å². The van der Waals surface area contributed by atoms with Gasteiger partial charge in [0, 0.05) is 23.6 Å². The number of rotatable bonds is 8. The van der Waals surface area contributed by atoms with Crippen LogP contribution in [0.3, 0.4) is 0 Å². The number of likely N-dealkylation sites (N-methyl/N-ethyl adjacent to an activating group) is 1. The Hall–Kier alpha value is -2.19. The minimum absolute atomic E-state index is 0.177. The molecule has 9 heteroatoms. The van der Waals surface area contributed by atoms with Crippen LogP contribution in [0.2, 0.25) is 5.02 Å². The third-order valence-electron chi connectivity index (χ3n) is 3.99. The molecular weight excluding hydrogens is 425 g/mol. The van der Waals surface area contributed by atoms with Crippen molar-refractivity contribution < 1.29 is 22.8 Å². The van der Waals surface area contributed by atoms with E-state index in [0.29, 0.717) is 10.8 Å². The van der Waals surface area contributed by atoms with Crippen LogP contribution in [0, 0.1) is 0 Å². The number of carbonyl (C=O) groups is 2. The van der Waals surface area contributed by atoms with Crippen molar-refractivity contribution in [2.75, 3.05) is 24.2 Å². The first kappa shape index (κ1) is 23.1. The first-order valence-corrected chi connectivity index (χ1v) is 10.2. The molecule has 0 bridgehead atoms. The average molecular weight is 445 g/mol. The number of hydrogen-bond acceptors (Lipinski definition) is 3. The minimum Gasteiger partial charge on any atom is -0.334 e. The summed E-state index contributed by atoms with van der Waals surface area (Å²) in [5.74, 6) is -0.473. The van der Waals surface area contributed by atoms with E-state index in [9.17, 15) is 22.8 Å². The molecular formula is C20H20ClF3N2O2S. The zero-order chi connectivity index (χ0) is 21.4. The summed E-state index contributed by atoms with van der Waals surface area (Å²) in [6.07, 6.45) is -4.41. The van der Waals surface area contributed by atoms with Crippen molar-refractivity contribution in [3.05, 3.63) is 59.1 Å². The van der Waals surface area contributed by atoms with E-state index in [4.69, 9.17) is 11.6 Å². The molecule has 0 spiro atoms. The number of carbonyl (C=O) groups excluding carboxylic acids is 2. The molecule has 2 amide bonds. The van der Waals surface area contributed by atoms with Crippen LogP contribution in [-0.4, -0.2) is 35.6 Å². The second-order valence-corrected chi connectivity index (χ2v) is 7.57. The molecule has 0 unspecified atom stereocenters. The maximum Gasteiger partial charge on any atom is 0.418 e. The molecule has 0 aromatic heterocycles. The van der Waals surface area contributed by atoms with Crippen LogP contribution >= 0.6 is 23.4 Å². The molecule has 156 valence electrons. The van der Waals surface area contributed by atoms with Gasteiger partial charge in [0.05, 0.1) is 22.8 Å². The number of nitrogens with one attached hydrogen (secondary N) is 1. The Morgan fingerprint density at radius 3 is 2.41 bits per heavy atom. The van der Waals surface area contributed by atoms with Gasteiger partial charge in [0.25, 0.3) is 0 Å². The summed E-state index contributed by atoms with van der Waals surface area (Å²) in [5, 5.41) is 2.85. The molecule has 1 N–H and O–H groups in total. The van der Waals surface area contributed by atoms with Crippen LogP contribution in [0.25, 0.3) is 0 Å². The van der Waals surface area contributed by atoms with Crippen LogP contribution in [0.4, 0.5) is 18.9 Å². The fraction of sp³-hybridized carbons (Fsp3) is 0.300. The largest absolute Gasteiger partial charge is 0.418 e. The Morgan fingerprint density at radius 2 is 1.76 bits per heavy atom. The number of hydrogen-bond donors (Lipinski definition) is 1. The minimum atomic E-state index is -4.58. The highest BCUT2D eigenvalue weighted by Gasteiger charge is 2.33. The predicted molar refractivity (Wildman–Crippen MR) is 109 cm³/mol. The number of benzene rings is 2. The maximum atomic E-state index is 13.0. The highest BCUT2D eigenvalue weighted by molar-refractivity contribution is 7.99. The molecule has 0 atom stereocenters. The van der Waals surface area contributed by atoms with E-state index in [2.05, 4.69) is 5.32 Å². The standard InChI is InChI=1S/C20H20ClF3N2O2S/c1-2-26(19(28)11-12-29-17-10-6-4-8-15(17)21)13-18(27)25-16-9-5-3-7-14(16)20(22,23)24/h3-10H,2,11-13H2,1H3,(H,25,27). The number of anilines is 1. The van der Waals surface area contributed by atoms with Gasteiger partial charge in [-0.05, 0) is 31.2 Å². The smallest absolute Gasteiger partial charge is 0.334 e. The zero-order valence-electron chi connectivity index (χ0n) is 15.6. The van der Waals surface area contributed by atoms with Gasteiger partial charge in [-0.15, -0.1) is 11.8 Å².